The highest BCUT2D eigenvalue weighted by Crippen LogP contribution is 2.38. The number of carbonyl (C=O) groups excluding carboxylic acids is 1. The number of benzene rings is 1. The molecule has 12 heteroatoms. The number of thiazole rings is 1. The van der Waals surface area contributed by atoms with Gasteiger partial charge in [-0.2, -0.15) is 0 Å². The molecule has 204 valence electrons. The van der Waals surface area contributed by atoms with Crippen LogP contribution in [0.1, 0.15) is 43.8 Å². The third-order valence-electron chi connectivity index (χ3n) is 6.55. The summed E-state index contributed by atoms with van der Waals surface area (Å²) in [4.78, 5) is 36.7. The van der Waals surface area contributed by atoms with Crippen molar-refractivity contribution in [2.75, 3.05) is 32.9 Å². The number of esters is 1. The third-order valence-corrected chi connectivity index (χ3v) is 7.89. The number of morpholine rings is 1. The zero-order valence-electron chi connectivity index (χ0n) is 21.4. The lowest BCUT2D eigenvalue weighted by Crippen LogP contribution is -2.51. The molecule has 2 N–H and O–H groups in total. The van der Waals surface area contributed by atoms with Crippen LogP contribution in [0.5, 0.6) is 0 Å². The molecule has 0 saturated carbocycles. The molecule has 2 aliphatic rings. The second-order valence-corrected chi connectivity index (χ2v) is 11.5. The monoisotopic (exact) mass is 580 g/mol. The zero-order valence-corrected chi connectivity index (χ0v) is 23.7. The van der Waals surface area contributed by atoms with Gasteiger partial charge in [-0.05, 0) is 39.3 Å². The summed E-state index contributed by atoms with van der Waals surface area (Å²) in [6.45, 7) is 7.11. The lowest BCUT2D eigenvalue weighted by molar-refractivity contribution is -0.149. The van der Waals surface area contributed by atoms with Gasteiger partial charge in [0.2, 0.25) is 0 Å². The second-order valence-electron chi connectivity index (χ2n) is 9.71. The van der Waals surface area contributed by atoms with Gasteiger partial charge in [0.15, 0.2) is 10.8 Å². The SMILES string of the molecule is CCOC(=O)C1=C(CN2CCOCC2CC(C)(C)C(=O)O)NC(c2nccs2)=N[C@H]1c1ccc(Cl)cc1Cl. The fraction of sp³-hybridized carbons (Fsp3) is 0.462. The van der Waals surface area contributed by atoms with E-state index in [0.717, 1.165) is 0 Å². The summed E-state index contributed by atoms with van der Waals surface area (Å²) in [5.41, 5.74) is 0.589. The Hall–Kier alpha value is -2.50. The number of hydrogen-bond acceptors (Lipinski definition) is 9. The number of nitrogens with zero attached hydrogens (tertiary/aromatic N) is 3. The first-order chi connectivity index (χ1) is 18.1. The Labute approximate surface area is 235 Å². The molecule has 9 nitrogen and oxygen atoms in total. The average Bonchev–Trinajstić information content (AvgIpc) is 3.40. The maximum absolute atomic E-state index is 13.4. The first kappa shape index (κ1) is 28.5. The van der Waals surface area contributed by atoms with Crippen molar-refractivity contribution in [3.63, 3.8) is 0 Å². The standard InChI is InChI=1S/C26H30Cl2N4O5S/c1-4-37-24(33)20-19(13-32-8-9-36-14-16(32)12-26(2,3)25(34)35)30-22(23-29-7-10-38-23)31-21(20)17-6-5-15(27)11-18(17)28/h5-7,10-11,16,21H,4,8-9,12-14H2,1-3H3,(H,30,31)(H,34,35)/t16?,21-/m0/s1. The Kier molecular flexibility index (Phi) is 9.10. The smallest absolute Gasteiger partial charge is 0.338 e. The lowest BCUT2D eigenvalue weighted by Gasteiger charge is -2.40. The number of hydrogen-bond donors (Lipinski definition) is 2. The molecular weight excluding hydrogens is 551 g/mol. The van der Waals surface area contributed by atoms with Gasteiger partial charge in [-0.3, -0.25) is 14.7 Å². The summed E-state index contributed by atoms with van der Waals surface area (Å²) in [5, 5.41) is 16.4. The molecule has 0 radical (unpaired) electrons. The molecule has 0 spiro atoms. The van der Waals surface area contributed by atoms with E-state index in [1.165, 1.54) is 11.3 Å². The van der Waals surface area contributed by atoms with Gasteiger partial charge in [0.05, 0.1) is 30.8 Å². The molecule has 1 unspecified atom stereocenters. The van der Waals surface area contributed by atoms with Gasteiger partial charge < -0.3 is 19.9 Å². The van der Waals surface area contributed by atoms with Gasteiger partial charge >= 0.3 is 11.9 Å². The van der Waals surface area contributed by atoms with Crippen molar-refractivity contribution in [3.8, 4) is 0 Å². The van der Waals surface area contributed by atoms with E-state index in [-0.39, 0.29) is 12.6 Å². The Morgan fingerprint density at radius 3 is 2.79 bits per heavy atom. The van der Waals surface area contributed by atoms with Gasteiger partial charge in [-0.25, -0.2) is 9.78 Å². The summed E-state index contributed by atoms with van der Waals surface area (Å²) >= 11 is 14.2. The van der Waals surface area contributed by atoms with Crippen molar-refractivity contribution in [1.29, 1.82) is 0 Å². The Bertz CT molecular complexity index is 1250. The van der Waals surface area contributed by atoms with E-state index in [1.54, 1.807) is 45.2 Å². The fourth-order valence-electron chi connectivity index (χ4n) is 4.53. The van der Waals surface area contributed by atoms with Crippen molar-refractivity contribution in [2.45, 2.75) is 39.3 Å². The van der Waals surface area contributed by atoms with E-state index in [0.29, 0.717) is 70.4 Å². The first-order valence-corrected chi connectivity index (χ1v) is 13.9. The van der Waals surface area contributed by atoms with Crippen LogP contribution in [0.3, 0.4) is 0 Å². The number of halogens is 2. The van der Waals surface area contributed by atoms with Gasteiger partial charge in [-0.1, -0.05) is 29.3 Å². The lowest BCUT2D eigenvalue weighted by atomic mass is 9.85. The van der Waals surface area contributed by atoms with Crippen molar-refractivity contribution in [3.05, 3.63) is 61.7 Å². The van der Waals surface area contributed by atoms with Crippen LogP contribution in [-0.2, 0) is 19.1 Å². The van der Waals surface area contributed by atoms with E-state index in [9.17, 15) is 14.7 Å². The number of aliphatic imine (C=N–C) groups is 1. The van der Waals surface area contributed by atoms with Crippen molar-refractivity contribution >= 4 is 52.3 Å². The van der Waals surface area contributed by atoms with E-state index in [2.05, 4.69) is 15.2 Å². The normalized spacial score (nSPS) is 20.6. The molecule has 2 aromatic rings. The van der Waals surface area contributed by atoms with Crippen LogP contribution in [0.4, 0.5) is 0 Å². The topological polar surface area (TPSA) is 113 Å². The Balaban J connectivity index is 1.79. The van der Waals surface area contributed by atoms with E-state index in [1.807, 2.05) is 5.38 Å². The second kappa shape index (κ2) is 12.1. The molecule has 4 rings (SSSR count). The van der Waals surface area contributed by atoms with Gasteiger partial charge in [0.25, 0.3) is 0 Å². The maximum atomic E-state index is 13.4. The highest BCUT2D eigenvalue weighted by molar-refractivity contribution is 7.11. The van der Waals surface area contributed by atoms with Gasteiger partial charge in [0, 0.05) is 52.0 Å². The highest BCUT2D eigenvalue weighted by atomic mass is 35.5. The molecule has 1 aromatic carbocycles. The van der Waals surface area contributed by atoms with Crippen LogP contribution >= 0.6 is 34.5 Å². The van der Waals surface area contributed by atoms with Crippen molar-refractivity contribution in [2.24, 2.45) is 10.4 Å². The molecule has 3 heterocycles. The fourth-order valence-corrected chi connectivity index (χ4v) is 5.63. The molecule has 1 fully saturated rings. The molecule has 38 heavy (non-hydrogen) atoms. The summed E-state index contributed by atoms with van der Waals surface area (Å²) in [6.07, 6.45) is 2.06. The number of aromatic nitrogens is 1. The molecule has 0 aliphatic carbocycles. The molecule has 0 amide bonds. The minimum absolute atomic E-state index is 0.174. The van der Waals surface area contributed by atoms with Crippen LogP contribution < -0.4 is 5.32 Å². The van der Waals surface area contributed by atoms with Crippen LogP contribution in [0.25, 0.3) is 0 Å². The predicted molar refractivity (Wildman–Crippen MR) is 147 cm³/mol. The number of amidine groups is 1. The third kappa shape index (κ3) is 6.38. The van der Waals surface area contributed by atoms with E-state index >= 15 is 0 Å². The minimum Gasteiger partial charge on any atom is -0.481 e. The quantitative estimate of drug-likeness (QED) is 0.415. The summed E-state index contributed by atoms with van der Waals surface area (Å²) in [7, 11) is 0. The van der Waals surface area contributed by atoms with Crippen LogP contribution in [-0.4, -0.2) is 71.7 Å². The van der Waals surface area contributed by atoms with Crippen molar-refractivity contribution < 1.29 is 24.2 Å². The summed E-state index contributed by atoms with van der Waals surface area (Å²) < 4.78 is 11.2. The van der Waals surface area contributed by atoms with Gasteiger partial charge in [-0.15, -0.1) is 11.3 Å². The molecular formula is C26H30Cl2N4O5S. The molecule has 1 saturated heterocycles. The number of rotatable bonds is 9. The van der Waals surface area contributed by atoms with Crippen LogP contribution in [0, 0.1) is 5.41 Å². The molecule has 2 aliphatic heterocycles. The van der Waals surface area contributed by atoms with Crippen LogP contribution in [0.15, 0.2) is 46.0 Å². The number of carboxylic acids is 1. The Morgan fingerprint density at radius 2 is 2.13 bits per heavy atom. The number of ether oxygens (including phenoxy) is 2. The molecule has 0 bridgehead atoms. The highest BCUT2D eigenvalue weighted by Gasteiger charge is 2.38. The maximum Gasteiger partial charge on any atom is 0.338 e. The number of aliphatic carboxylic acids is 1. The minimum atomic E-state index is -0.950. The number of carboxylic acid groups (broad SMARTS) is 1. The summed E-state index contributed by atoms with van der Waals surface area (Å²) in [6, 6.07) is 4.15. The molecule has 2 atom stereocenters. The van der Waals surface area contributed by atoms with Crippen LogP contribution in [0.2, 0.25) is 10.0 Å². The van der Waals surface area contributed by atoms with Crippen molar-refractivity contribution in [1.82, 2.24) is 15.2 Å². The first-order valence-electron chi connectivity index (χ1n) is 12.3. The van der Waals surface area contributed by atoms with Gasteiger partial charge in [0.1, 0.15) is 6.04 Å². The molecule has 1 aromatic heterocycles. The van der Waals surface area contributed by atoms with E-state index in [4.69, 9.17) is 37.7 Å². The number of nitrogens with one attached hydrogen (secondary N) is 1. The number of carbonyl (C=O) groups is 2. The predicted octanol–water partition coefficient (Wildman–Crippen LogP) is 4.56. The zero-order chi connectivity index (χ0) is 27.4. The Morgan fingerprint density at radius 1 is 1.34 bits per heavy atom. The van der Waals surface area contributed by atoms with E-state index < -0.39 is 23.4 Å². The largest absolute Gasteiger partial charge is 0.481 e. The average molecular weight is 582 g/mol. The summed E-state index contributed by atoms with van der Waals surface area (Å²) in [5.74, 6) is -0.876.